The quantitative estimate of drug-likeness (QED) is 0.288. The summed E-state index contributed by atoms with van der Waals surface area (Å²) in [6, 6.07) is 8.83. The maximum absolute atomic E-state index is 13.8. The molecule has 16 heteroatoms. The standard InChI is InChI=1S/C23H17F6N5O4S/c24-22(25,26)14-6-4-13(5-7-14)18-11-19(23(27,28)29)34-20(33-18)17(12-30-34)21(36)32-15-2-1-3-16(10-15)39(37,38)31-8-9-35/h1-7,10-12,31,35H,8-9H2,(H,32,36). The van der Waals surface area contributed by atoms with Gasteiger partial charge in [0.1, 0.15) is 5.56 Å². The van der Waals surface area contributed by atoms with Gasteiger partial charge in [0.2, 0.25) is 10.0 Å². The van der Waals surface area contributed by atoms with E-state index in [2.05, 4.69) is 20.1 Å². The molecule has 1 amide bonds. The Morgan fingerprint density at radius 2 is 1.67 bits per heavy atom. The van der Waals surface area contributed by atoms with Crippen LogP contribution in [0.15, 0.2) is 65.7 Å². The minimum Gasteiger partial charge on any atom is -0.395 e. The van der Waals surface area contributed by atoms with Gasteiger partial charge in [0, 0.05) is 17.8 Å². The van der Waals surface area contributed by atoms with Gasteiger partial charge in [-0.2, -0.15) is 31.4 Å². The highest BCUT2D eigenvalue weighted by Crippen LogP contribution is 2.34. The van der Waals surface area contributed by atoms with Crippen molar-refractivity contribution in [1.29, 1.82) is 0 Å². The number of carbonyl (C=O) groups excluding carboxylic acids is 1. The number of nitrogens with one attached hydrogen (secondary N) is 2. The summed E-state index contributed by atoms with van der Waals surface area (Å²) >= 11 is 0. The van der Waals surface area contributed by atoms with E-state index in [1.54, 1.807) is 0 Å². The number of aliphatic hydroxyl groups is 1. The number of rotatable bonds is 7. The zero-order valence-electron chi connectivity index (χ0n) is 19.4. The topological polar surface area (TPSA) is 126 Å². The fourth-order valence-electron chi connectivity index (χ4n) is 3.51. The Hall–Kier alpha value is -4.02. The van der Waals surface area contributed by atoms with Crippen molar-refractivity contribution in [1.82, 2.24) is 19.3 Å². The van der Waals surface area contributed by atoms with E-state index in [1.165, 1.54) is 18.2 Å². The van der Waals surface area contributed by atoms with Crippen molar-refractivity contribution in [3.63, 3.8) is 0 Å². The third-order valence-corrected chi connectivity index (χ3v) is 6.78. The van der Waals surface area contributed by atoms with Crippen LogP contribution in [0.25, 0.3) is 16.9 Å². The van der Waals surface area contributed by atoms with Gasteiger partial charge in [-0.15, -0.1) is 0 Å². The molecular formula is C23H17F6N5O4S. The number of nitrogens with zero attached hydrogens (tertiary/aromatic N) is 3. The Morgan fingerprint density at radius 1 is 0.974 bits per heavy atom. The van der Waals surface area contributed by atoms with Crippen molar-refractivity contribution >= 4 is 27.3 Å². The fraction of sp³-hybridized carbons (Fsp3) is 0.174. The van der Waals surface area contributed by atoms with Crippen LogP contribution in [0.4, 0.5) is 32.0 Å². The summed E-state index contributed by atoms with van der Waals surface area (Å²) in [5, 5.41) is 14.8. The monoisotopic (exact) mass is 573 g/mol. The van der Waals surface area contributed by atoms with Crippen molar-refractivity contribution in [2.75, 3.05) is 18.5 Å². The minimum atomic E-state index is -4.97. The molecule has 39 heavy (non-hydrogen) atoms. The molecule has 2 heterocycles. The molecule has 0 bridgehead atoms. The second-order valence-corrected chi connectivity index (χ2v) is 9.76. The lowest BCUT2D eigenvalue weighted by Gasteiger charge is -2.12. The second kappa shape index (κ2) is 10.3. The number of alkyl halides is 6. The van der Waals surface area contributed by atoms with Gasteiger partial charge < -0.3 is 10.4 Å². The molecule has 0 saturated heterocycles. The molecule has 0 radical (unpaired) electrons. The number of benzene rings is 2. The summed E-state index contributed by atoms with van der Waals surface area (Å²) in [5.74, 6) is -0.979. The van der Waals surface area contributed by atoms with Crippen LogP contribution < -0.4 is 10.0 Å². The highest BCUT2D eigenvalue weighted by Gasteiger charge is 2.36. The van der Waals surface area contributed by atoms with E-state index in [9.17, 15) is 39.6 Å². The van der Waals surface area contributed by atoms with Crippen LogP contribution in [0, 0.1) is 0 Å². The highest BCUT2D eigenvalue weighted by atomic mass is 32.2. The normalized spacial score (nSPS) is 12.6. The van der Waals surface area contributed by atoms with Gasteiger partial charge in [-0.1, -0.05) is 18.2 Å². The third kappa shape index (κ3) is 6.02. The summed E-state index contributed by atoms with van der Waals surface area (Å²) in [5.41, 5.74) is -3.75. The molecule has 0 spiro atoms. The van der Waals surface area contributed by atoms with Gasteiger partial charge in [-0.25, -0.2) is 22.6 Å². The van der Waals surface area contributed by atoms with E-state index in [0.29, 0.717) is 22.7 Å². The van der Waals surface area contributed by atoms with Crippen LogP contribution in [-0.2, 0) is 22.4 Å². The lowest BCUT2D eigenvalue weighted by atomic mass is 10.1. The molecule has 4 aromatic rings. The van der Waals surface area contributed by atoms with Gasteiger partial charge in [0.25, 0.3) is 5.91 Å². The Kier molecular flexibility index (Phi) is 7.38. The number of amides is 1. The molecule has 0 aliphatic carbocycles. The average Bonchev–Trinajstić information content (AvgIpc) is 3.30. The Balaban J connectivity index is 1.74. The second-order valence-electron chi connectivity index (χ2n) is 8.00. The van der Waals surface area contributed by atoms with E-state index < -0.39 is 57.4 Å². The first-order valence-electron chi connectivity index (χ1n) is 10.9. The number of aromatic nitrogens is 3. The zero-order chi connectivity index (χ0) is 28.6. The molecule has 0 fully saturated rings. The molecule has 2 aromatic carbocycles. The molecule has 0 atom stereocenters. The number of hydrogen-bond donors (Lipinski definition) is 3. The molecule has 206 valence electrons. The molecule has 0 aliphatic rings. The van der Waals surface area contributed by atoms with E-state index in [0.717, 1.165) is 24.4 Å². The maximum Gasteiger partial charge on any atom is 0.433 e. The summed E-state index contributed by atoms with van der Waals surface area (Å²) in [7, 11) is -4.03. The van der Waals surface area contributed by atoms with Crippen LogP contribution in [0.1, 0.15) is 21.6 Å². The van der Waals surface area contributed by atoms with Crippen molar-refractivity contribution in [3.8, 4) is 11.3 Å². The van der Waals surface area contributed by atoms with E-state index in [1.807, 2.05) is 0 Å². The molecule has 2 aromatic heterocycles. The number of anilines is 1. The lowest BCUT2D eigenvalue weighted by molar-refractivity contribution is -0.142. The van der Waals surface area contributed by atoms with Crippen LogP contribution in [0.2, 0.25) is 0 Å². The van der Waals surface area contributed by atoms with Gasteiger partial charge in [0.15, 0.2) is 11.3 Å². The molecule has 3 N–H and O–H groups in total. The van der Waals surface area contributed by atoms with Gasteiger partial charge in [0.05, 0.1) is 29.0 Å². The molecule has 4 rings (SSSR count). The Bertz CT molecular complexity index is 1630. The van der Waals surface area contributed by atoms with Crippen molar-refractivity contribution in [3.05, 3.63) is 77.6 Å². The molecule has 0 saturated carbocycles. The lowest BCUT2D eigenvalue weighted by Crippen LogP contribution is -2.26. The van der Waals surface area contributed by atoms with Crippen molar-refractivity contribution in [2.45, 2.75) is 17.2 Å². The number of carbonyl (C=O) groups is 1. The Labute approximate surface area is 216 Å². The molecule has 9 nitrogen and oxygen atoms in total. The van der Waals surface area contributed by atoms with Gasteiger partial charge in [-0.05, 0) is 36.4 Å². The predicted octanol–water partition coefficient (Wildman–Crippen LogP) is 3.96. The summed E-state index contributed by atoms with van der Waals surface area (Å²) in [6.07, 6.45) is -8.80. The first-order valence-corrected chi connectivity index (χ1v) is 12.3. The van der Waals surface area contributed by atoms with Crippen molar-refractivity contribution < 1.29 is 44.7 Å². The van der Waals surface area contributed by atoms with E-state index in [-0.39, 0.29) is 28.4 Å². The van der Waals surface area contributed by atoms with E-state index in [4.69, 9.17) is 5.11 Å². The van der Waals surface area contributed by atoms with Gasteiger partial charge >= 0.3 is 12.4 Å². The summed E-state index contributed by atoms with van der Waals surface area (Å²) in [6.45, 7) is -0.707. The number of fused-ring (bicyclic) bond motifs is 1. The molecular weight excluding hydrogens is 556 g/mol. The van der Waals surface area contributed by atoms with Crippen LogP contribution in [-0.4, -0.2) is 47.2 Å². The SMILES string of the molecule is O=C(Nc1cccc(S(=O)(=O)NCCO)c1)c1cnn2c(C(F)(F)F)cc(-c3ccc(C(F)(F)F)cc3)nc12. The third-order valence-electron chi connectivity index (χ3n) is 5.32. The first-order chi connectivity index (χ1) is 18.2. The van der Waals surface area contributed by atoms with Crippen LogP contribution >= 0.6 is 0 Å². The molecule has 0 aliphatic heterocycles. The summed E-state index contributed by atoms with van der Waals surface area (Å²) in [4.78, 5) is 16.8. The Morgan fingerprint density at radius 3 is 2.28 bits per heavy atom. The minimum absolute atomic E-state index is 0.0267. The number of halogens is 6. The fourth-order valence-corrected chi connectivity index (χ4v) is 4.57. The first kappa shape index (κ1) is 28.0. The highest BCUT2D eigenvalue weighted by molar-refractivity contribution is 7.89. The smallest absolute Gasteiger partial charge is 0.395 e. The summed E-state index contributed by atoms with van der Waals surface area (Å²) < 4.78 is 107. The largest absolute Gasteiger partial charge is 0.433 e. The van der Waals surface area contributed by atoms with Crippen molar-refractivity contribution in [2.24, 2.45) is 0 Å². The number of sulfonamides is 1. The number of hydrogen-bond acceptors (Lipinski definition) is 6. The predicted molar refractivity (Wildman–Crippen MR) is 125 cm³/mol. The molecule has 0 unspecified atom stereocenters. The van der Waals surface area contributed by atoms with Crippen LogP contribution in [0.3, 0.4) is 0 Å². The van der Waals surface area contributed by atoms with Crippen LogP contribution in [0.5, 0.6) is 0 Å². The zero-order valence-corrected chi connectivity index (χ0v) is 20.2. The maximum atomic E-state index is 13.8. The average molecular weight is 573 g/mol. The van der Waals surface area contributed by atoms with Gasteiger partial charge in [-0.3, -0.25) is 4.79 Å². The number of aliphatic hydroxyl groups excluding tert-OH is 1. The van der Waals surface area contributed by atoms with E-state index >= 15 is 0 Å².